The molecule has 0 aliphatic heterocycles. The van der Waals surface area contributed by atoms with Crippen molar-refractivity contribution in [2.45, 2.75) is 45.6 Å². The van der Waals surface area contributed by atoms with Crippen molar-refractivity contribution in [1.82, 2.24) is 9.97 Å². The topological polar surface area (TPSA) is 67.1 Å². The van der Waals surface area contributed by atoms with Gasteiger partial charge in [-0.25, -0.2) is 15.8 Å². The quantitative estimate of drug-likeness (QED) is 0.581. The maximum atomic E-state index is 5.45. The van der Waals surface area contributed by atoms with E-state index in [1.165, 1.54) is 25.7 Å². The van der Waals surface area contributed by atoms with Gasteiger partial charge in [-0.1, -0.05) is 13.3 Å². The highest BCUT2D eigenvalue weighted by Gasteiger charge is 2.30. The lowest BCUT2D eigenvalue weighted by Gasteiger charge is -2.25. The number of anilines is 2. The molecule has 5 heteroatoms. The van der Waals surface area contributed by atoms with Gasteiger partial charge in [0.2, 0.25) is 0 Å². The summed E-state index contributed by atoms with van der Waals surface area (Å²) in [6, 6.07) is 0.667. The van der Waals surface area contributed by atoms with Crippen LogP contribution in [-0.2, 0) is 0 Å². The van der Waals surface area contributed by atoms with Gasteiger partial charge in [0.25, 0.3) is 0 Å². The van der Waals surface area contributed by atoms with Crippen LogP contribution in [0.2, 0.25) is 0 Å². The molecule has 94 valence electrons. The number of rotatable bonds is 6. The van der Waals surface area contributed by atoms with Gasteiger partial charge in [0, 0.05) is 18.2 Å². The molecule has 0 bridgehead atoms. The Kier molecular flexibility index (Phi) is 3.78. The molecule has 1 heterocycles. The van der Waals surface area contributed by atoms with E-state index in [-0.39, 0.29) is 0 Å². The first-order valence-electron chi connectivity index (χ1n) is 6.32. The minimum absolute atomic E-state index is 0.667. The first kappa shape index (κ1) is 12.1. The Labute approximate surface area is 102 Å². The SMILES string of the molecule is CCCCN(c1ncnc(NN)c1C)C1CC1. The molecule has 0 amide bonds. The smallest absolute Gasteiger partial charge is 0.148 e. The molecule has 1 saturated carbocycles. The largest absolute Gasteiger partial charge is 0.353 e. The first-order valence-corrected chi connectivity index (χ1v) is 6.32. The molecule has 0 spiro atoms. The third-order valence-electron chi connectivity index (χ3n) is 3.21. The Morgan fingerprint density at radius 3 is 2.82 bits per heavy atom. The average Bonchev–Trinajstić information content (AvgIpc) is 3.16. The third kappa shape index (κ3) is 2.66. The molecule has 1 fully saturated rings. The van der Waals surface area contributed by atoms with E-state index in [0.29, 0.717) is 6.04 Å². The molecule has 17 heavy (non-hydrogen) atoms. The van der Waals surface area contributed by atoms with Crippen molar-refractivity contribution in [1.29, 1.82) is 0 Å². The second-order valence-corrected chi connectivity index (χ2v) is 4.59. The van der Waals surface area contributed by atoms with Crippen LogP contribution in [0.25, 0.3) is 0 Å². The molecular formula is C12H21N5. The molecule has 1 aliphatic rings. The summed E-state index contributed by atoms with van der Waals surface area (Å²) in [4.78, 5) is 11.0. The predicted molar refractivity (Wildman–Crippen MR) is 69.9 cm³/mol. The third-order valence-corrected chi connectivity index (χ3v) is 3.21. The zero-order chi connectivity index (χ0) is 12.3. The summed E-state index contributed by atoms with van der Waals surface area (Å²) in [7, 11) is 0. The minimum atomic E-state index is 0.667. The normalized spacial score (nSPS) is 14.8. The molecule has 5 nitrogen and oxygen atoms in total. The number of hydrazine groups is 1. The van der Waals surface area contributed by atoms with E-state index in [2.05, 4.69) is 27.2 Å². The summed E-state index contributed by atoms with van der Waals surface area (Å²) in [6.07, 6.45) is 6.54. The lowest BCUT2D eigenvalue weighted by Crippen LogP contribution is -2.29. The van der Waals surface area contributed by atoms with Crippen LogP contribution in [-0.4, -0.2) is 22.6 Å². The van der Waals surface area contributed by atoms with E-state index in [4.69, 9.17) is 5.84 Å². The van der Waals surface area contributed by atoms with Crippen LogP contribution in [0.15, 0.2) is 6.33 Å². The fourth-order valence-corrected chi connectivity index (χ4v) is 2.05. The van der Waals surface area contributed by atoms with Crippen molar-refractivity contribution in [3.05, 3.63) is 11.9 Å². The fourth-order valence-electron chi connectivity index (χ4n) is 2.05. The summed E-state index contributed by atoms with van der Waals surface area (Å²) in [5.74, 6) is 7.20. The van der Waals surface area contributed by atoms with E-state index in [0.717, 1.165) is 23.7 Å². The Morgan fingerprint density at radius 2 is 2.24 bits per heavy atom. The van der Waals surface area contributed by atoms with E-state index in [9.17, 15) is 0 Å². The Balaban J connectivity index is 2.22. The molecule has 0 aromatic carbocycles. The van der Waals surface area contributed by atoms with Gasteiger partial charge in [0.15, 0.2) is 0 Å². The fraction of sp³-hybridized carbons (Fsp3) is 0.667. The van der Waals surface area contributed by atoms with E-state index < -0.39 is 0 Å². The highest BCUT2D eigenvalue weighted by atomic mass is 15.3. The summed E-state index contributed by atoms with van der Waals surface area (Å²) in [5, 5.41) is 0. The van der Waals surface area contributed by atoms with Crippen LogP contribution < -0.4 is 16.2 Å². The van der Waals surface area contributed by atoms with Crippen LogP contribution in [0, 0.1) is 6.92 Å². The van der Waals surface area contributed by atoms with Crippen LogP contribution in [0.5, 0.6) is 0 Å². The van der Waals surface area contributed by atoms with Gasteiger partial charge in [-0.2, -0.15) is 0 Å². The molecule has 0 atom stereocenters. The highest BCUT2D eigenvalue weighted by Crippen LogP contribution is 2.33. The van der Waals surface area contributed by atoms with Gasteiger partial charge in [-0.15, -0.1) is 0 Å². The maximum absolute atomic E-state index is 5.45. The number of unbranched alkanes of at least 4 members (excludes halogenated alkanes) is 1. The summed E-state index contributed by atoms with van der Waals surface area (Å²) in [5.41, 5.74) is 3.67. The van der Waals surface area contributed by atoms with E-state index in [1.807, 2.05) is 6.92 Å². The summed E-state index contributed by atoms with van der Waals surface area (Å²) in [6.45, 7) is 5.31. The zero-order valence-electron chi connectivity index (χ0n) is 10.6. The van der Waals surface area contributed by atoms with Crippen LogP contribution in [0.4, 0.5) is 11.6 Å². The summed E-state index contributed by atoms with van der Waals surface area (Å²) < 4.78 is 0. The van der Waals surface area contributed by atoms with Crippen molar-refractivity contribution < 1.29 is 0 Å². The molecule has 0 radical (unpaired) electrons. The van der Waals surface area contributed by atoms with E-state index >= 15 is 0 Å². The van der Waals surface area contributed by atoms with Crippen molar-refractivity contribution in [2.24, 2.45) is 5.84 Å². The van der Waals surface area contributed by atoms with Crippen LogP contribution >= 0.6 is 0 Å². The molecule has 2 rings (SSSR count). The van der Waals surface area contributed by atoms with Crippen LogP contribution in [0.1, 0.15) is 38.2 Å². The van der Waals surface area contributed by atoms with Gasteiger partial charge in [0.1, 0.15) is 18.0 Å². The Morgan fingerprint density at radius 1 is 1.47 bits per heavy atom. The number of aromatic nitrogens is 2. The standard InChI is InChI=1S/C12H21N5/c1-3-4-7-17(10-5-6-10)12-9(2)11(16-13)14-8-15-12/h8,10H,3-7,13H2,1-2H3,(H,14,15,16). The number of nitrogens with zero attached hydrogens (tertiary/aromatic N) is 3. The van der Waals surface area contributed by atoms with Crippen molar-refractivity contribution in [3.63, 3.8) is 0 Å². The number of nitrogens with two attached hydrogens (primary N) is 1. The second kappa shape index (κ2) is 5.31. The number of nitrogens with one attached hydrogen (secondary N) is 1. The molecule has 0 saturated heterocycles. The molecular weight excluding hydrogens is 214 g/mol. The highest BCUT2D eigenvalue weighted by molar-refractivity contribution is 5.58. The lowest BCUT2D eigenvalue weighted by atomic mass is 10.2. The number of hydrogen-bond donors (Lipinski definition) is 2. The molecule has 0 unspecified atom stereocenters. The molecule has 1 aromatic rings. The predicted octanol–water partition coefficient (Wildman–Crippen LogP) is 1.84. The van der Waals surface area contributed by atoms with Crippen LogP contribution in [0.3, 0.4) is 0 Å². The Hall–Kier alpha value is -1.36. The lowest BCUT2D eigenvalue weighted by molar-refractivity contribution is 0.701. The van der Waals surface area contributed by atoms with Gasteiger partial charge in [0.05, 0.1) is 0 Å². The summed E-state index contributed by atoms with van der Waals surface area (Å²) >= 11 is 0. The monoisotopic (exact) mass is 235 g/mol. The average molecular weight is 235 g/mol. The van der Waals surface area contributed by atoms with E-state index in [1.54, 1.807) is 6.33 Å². The van der Waals surface area contributed by atoms with Crippen molar-refractivity contribution >= 4 is 11.6 Å². The van der Waals surface area contributed by atoms with Crippen molar-refractivity contribution in [3.8, 4) is 0 Å². The number of hydrogen-bond acceptors (Lipinski definition) is 5. The van der Waals surface area contributed by atoms with Crippen molar-refractivity contribution in [2.75, 3.05) is 16.9 Å². The first-order chi connectivity index (χ1) is 8.27. The van der Waals surface area contributed by atoms with Gasteiger partial charge < -0.3 is 10.3 Å². The molecule has 1 aliphatic carbocycles. The molecule has 3 N–H and O–H groups in total. The second-order valence-electron chi connectivity index (χ2n) is 4.59. The minimum Gasteiger partial charge on any atom is -0.353 e. The number of nitrogen functional groups attached to an aromatic ring is 1. The van der Waals surface area contributed by atoms with Gasteiger partial charge in [-0.05, 0) is 26.2 Å². The maximum Gasteiger partial charge on any atom is 0.148 e. The molecule has 1 aromatic heterocycles. The van der Waals surface area contributed by atoms with Gasteiger partial charge >= 0.3 is 0 Å². The Bertz CT molecular complexity index is 375. The van der Waals surface area contributed by atoms with Gasteiger partial charge in [-0.3, -0.25) is 0 Å². The zero-order valence-corrected chi connectivity index (χ0v) is 10.6.